The highest BCUT2D eigenvalue weighted by Crippen LogP contribution is 2.43. The van der Waals surface area contributed by atoms with Gasteiger partial charge >= 0.3 is 0 Å². The molecule has 0 aromatic heterocycles. The third kappa shape index (κ3) is 8.02. The second-order valence-electron chi connectivity index (χ2n) is 12.1. The Kier molecular flexibility index (Phi) is 11.6. The van der Waals surface area contributed by atoms with Crippen molar-refractivity contribution in [2.24, 2.45) is 5.16 Å². The summed E-state index contributed by atoms with van der Waals surface area (Å²) >= 11 is 6.07. The van der Waals surface area contributed by atoms with Crippen molar-refractivity contribution < 1.29 is 42.8 Å². The van der Waals surface area contributed by atoms with E-state index in [2.05, 4.69) is 15.8 Å². The molecule has 2 heterocycles. The minimum absolute atomic E-state index is 0.198. The van der Waals surface area contributed by atoms with E-state index in [0.717, 1.165) is 41.7 Å². The van der Waals surface area contributed by atoms with Crippen LogP contribution in [0.3, 0.4) is 0 Å². The maximum atomic E-state index is 12.7. The largest absolute Gasteiger partial charge is 0.493 e. The number of halogens is 1. The second-order valence-corrected chi connectivity index (χ2v) is 12.5. The summed E-state index contributed by atoms with van der Waals surface area (Å²) in [5, 5.41) is 11.2. The maximum absolute atomic E-state index is 12.7. The molecular formula is C39H42ClN3O9. The average molecular weight is 732 g/mol. The Hall–Kier alpha value is -5.49. The number of fused-ring (bicyclic) bond motifs is 1. The van der Waals surface area contributed by atoms with Gasteiger partial charge in [-0.15, -0.1) is 0 Å². The number of hydrogen-bond acceptors (Lipinski definition) is 11. The van der Waals surface area contributed by atoms with Crippen molar-refractivity contribution in [3.63, 3.8) is 0 Å². The number of unbranched alkanes of at least 4 members (excludes halogenated alkanes) is 2. The summed E-state index contributed by atoms with van der Waals surface area (Å²) in [5.74, 6) is 3.91. The molecule has 2 atom stereocenters. The lowest BCUT2D eigenvalue weighted by Crippen LogP contribution is -2.38. The van der Waals surface area contributed by atoms with E-state index in [0.29, 0.717) is 76.2 Å². The Balaban J connectivity index is 0.979. The van der Waals surface area contributed by atoms with Gasteiger partial charge in [-0.05, 0) is 85.5 Å². The standard InChI is InChI=1S/C39H42ClN3O9/c1-45-30-13-9-23(29-22-32(52-43-29)25-19-35(47-3)37(49-5)36(20-25)48-4)17-34(30)51-16-8-6-7-15-50-31-14-10-24(18-33(31)46-2)38-41-28-12-11-26(40)21-27(28)39(44)42-38/h9-14,17-21,32,38,41H,6-8,15-16,22H2,1-5H3,(H,42,44). The number of rotatable bonds is 16. The molecule has 1 amide bonds. The highest BCUT2D eigenvalue weighted by atomic mass is 35.5. The van der Waals surface area contributed by atoms with Crippen LogP contribution in [0.2, 0.25) is 5.02 Å². The van der Waals surface area contributed by atoms with E-state index in [4.69, 9.17) is 49.6 Å². The summed E-state index contributed by atoms with van der Waals surface area (Å²) in [4.78, 5) is 18.5. The van der Waals surface area contributed by atoms with Gasteiger partial charge in [-0.2, -0.15) is 0 Å². The van der Waals surface area contributed by atoms with Crippen LogP contribution in [0.5, 0.6) is 40.2 Å². The molecule has 2 aliphatic rings. The van der Waals surface area contributed by atoms with E-state index < -0.39 is 6.17 Å². The number of carbonyl (C=O) groups excluding carboxylic acids is 1. The number of hydrogen-bond donors (Lipinski definition) is 2. The van der Waals surface area contributed by atoms with Gasteiger partial charge in [-0.1, -0.05) is 22.8 Å². The average Bonchev–Trinajstić information content (AvgIpc) is 3.67. The number of oxime groups is 1. The van der Waals surface area contributed by atoms with Crippen LogP contribution in [0.1, 0.15) is 65.0 Å². The fourth-order valence-electron chi connectivity index (χ4n) is 6.11. The molecule has 2 N–H and O–H groups in total. The summed E-state index contributed by atoms with van der Waals surface area (Å²) in [6.45, 7) is 1.01. The first kappa shape index (κ1) is 36.3. The Morgan fingerprint density at radius 3 is 2.06 bits per heavy atom. The molecule has 0 saturated carbocycles. The Bertz CT molecular complexity index is 1910. The van der Waals surface area contributed by atoms with Gasteiger partial charge < -0.3 is 48.6 Å². The SMILES string of the molecule is COc1cc(C2NC(=O)c3cc(Cl)ccc3N2)ccc1OCCCCCOc1cc(C2=NOC(c3cc(OC)c(OC)c(OC)c3)C2)ccc1OC. The van der Waals surface area contributed by atoms with Crippen molar-refractivity contribution in [2.75, 3.05) is 54.1 Å². The number of nitrogens with zero attached hydrogens (tertiary/aromatic N) is 1. The van der Waals surface area contributed by atoms with Crippen molar-refractivity contribution in [3.8, 4) is 40.2 Å². The summed E-state index contributed by atoms with van der Waals surface area (Å²) in [7, 11) is 7.95. The quantitative estimate of drug-likeness (QED) is 0.111. The molecule has 12 nitrogen and oxygen atoms in total. The number of ether oxygens (including phenoxy) is 7. The summed E-state index contributed by atoms with van der Waals surface area (Å²) in [6, 6.07) is 20.3. The fourth-order valence-corrected chi connectivity index (χ4v) is 6.28. The van der Waals surface area contributed by atoms with Gasteiger partial charge in [0.05, 0.1) is 60.0 Å². The number of benzene rings is 4. The molecule has 13 heteroatoms. The highest BCUT2D eigenvalue weighted by Gasteiger charge is 2.28. The Morgan fingerprint density at radius 2 is 1.37 bits per heavy atom. The Morgan fingerprint density at radius 1 is 0.692 bits per heavy atom. The third-order valence-electron chi connectivity index (χ3n) is 8.85. The van der Waals surface area contributed by atoms with Crippen molar-refractivity contribution >= 4 is 28.9 Å². The first-order valence-electron chi connectivity index (χ1n) is 16.9. The zero-order valence-corrected chi connectivity index (χ0v) is 30.5. The summed E-state index contributed by atoms with van der Waals surface area (Å²) < 4.78 is 39.9. The lowest BCUT2D eigenvalue weighted by molar-refractivity contribution is 0.0853. The molecule has 0 radical (unpaired) electrons. The molecule has 274 valence electrons. The molecule has 6 rings (SSSR count). The first-order chi connectivity index (χ1) is 25.3. The van der Waals surface area contributed by atoms with Crippen LogP contribution in [0.4, 0.5) is 5.69 Å². The van der Waals surface area contributed by atoms with Crippen molar-refractivity contribution in [1.82, 2.24) is 5.32 Å². The van der Waals surface area contributed by atoms with Crippen molar-refractivity contribution in [1.29, 1.82) is 0 Å². The van der Waals surface area contributed by atoms with E-state index in [-0.39, 0.29) is 12.0 Å². The molecule has 0 spiro atoms. The van der Waals surface area contributed by atoms with Gasteiger partial charge in [-0.3, -0.25) is 4.79 Å². The third-order valence-corrected chi connectivity index (χ3v) is 9.09. The second kappa shape index (κ2) is 16.7. The molecule has 0 aliphatic carbocycles. The minimum Gasteiger partial charge on any atom is -0.493 e. The predicted octanol–water partition coefficient (Wildman–Crippen LogP) is 7.73. The van der Waals surface area contributed by atoms with Crippen LogP contribution in [0.15, 0.2) is 71.9 Å². The number of methoxy groups -OCH3 is 5. The maximum Gasteiger partial charge on any atom is 0.255 e. The van der Waals surface area contributed by atoms with Crippen LogP contribution >= 0.6 is 11.6 Å². The lowest BCUT2D eigenvalue weighted by atomic mass is 9.99. The van der Waals surface area contributed by atoms with Gasteiger partial charge in [0.2, 0.25) is 5.75 Å². The number of amides is 1. The number of anilines is 1. The minimum atomic E-state index is -0.423. The first-order valence-corrected chi connectivity index (χ1v) is 17.2. The number of carbonyl (C=O) groups is 1. The van der Waals surface area contributed by atoms with Gasteiger partial charge in [0.25, 0.3) is 5.91 Å². The van der Waals surface area contributed by atoms with E-state index in [9.17, 15) is 4.79 Å². The number of nitrogens with one attached hydrogen (secondary N) is 2. The molecule has 0 bridgehead atoms. The monoisotopic (exact) mass is 731 g/mol. The highest BCUT2D eigenvalue weighted by molar-refractivity contribution is 6.31. The normalized spacial score (nSPS) is 16.0. The molecule has 52 heavy (non-hydrogen) atoms. The molecular weight excluding hydrogens is 690 g/mol. The van der Waals surface area contributed by atoms with E-state index >= 15 is 0 Å². The molecule has 0 saturated heterocycles. The molecule has 0 fully saturated rings. The topological polar surface area (TPSA) is 127 Å². The van der Waals surface area contributed by atoms with Crippen LogP contribution in [0.25, 0.3) is 0 Å². The lowest BCUT2D eigenvalue weighted by Gasteiger charge is -2.28. The molecule has 4 aromatic rings. The van der Waals surface area contributed by atoms with E-state index in [1.165, 1.54) is 0 Å². The summed E-state index contributed by atoms with van der Waals surface area (Å²) in [6.07, 6.45) is 2.34. The van der Waals surface area contributed by atoms with E-state index in [1.54, 1.807) is 53.7 Å². The zero-order chi connectivity index (χ0) is 36.6. The van der Waals surface area contributed by atoms with Gasteiger partial charge in [-0.25, -0.2) is 0 Å². The molecule has 2 unspecified atom stereocenters. The zero-order valence-electron chi connectivity index (χ0n) is 29.7. The van der Waals surface area contributed by atoms with Crippen LogP contribution in [0, 0.1) is 0 Å². The van der Waals surface area contributed by atoms with Gasteiger partial charge in [0, 0.05) is 28.3 Å². The Labute approximate surface area is 307 Å². The fraction of sp³-hybridized carbons (Fsp3) is 0.333. The van der Waals surface area contributed by atoms with Gasteiger partial charge in [0.1, 0.15) is 6.17 Å². The van der Waals surface area contributed by atoms with Crippen LogP contribution in [-0.2, 0) is 4.84 Å². The van der Waals surface area contributed by atoms with Crippen molar-refractivity contribution in [3.05, 3.63) is 94.0 Å². The predicted molar refractivity (Wildman–Crippen MR) is 197 cm³/mol. The van der Waals surface area contributed by atoms with Crippen molar-refractivity contribution in [2.45, 2.75) is 38.0 Å². The summed E-state index contributed by atoms with van der Waals surface area (Å²) in [5.41, 5.74) is 4.60. The van der Waals surface area contributed by atoms with E-state index in [1.807, 2.05) is 48.5 Å². The smallest absolute Gasteiger partial charge is 0.255 e. The molecule has 4 aromatic carbocycles. The van der Waals surface area contributed by atoms with Crippen LogP contribution < -0.4 is 43.8 Å². The van der Waals surface area contributed by atoms with Crippen LogP contribution in [-0.4, -0.2) is 60.4 Å². The molecule has 2 aliphatic heterocycles. The van der Waals surface area contributed by atoms with Gasteiger partial charge in [0.15, 0.2) is 40.6 Å².